The normalized spacial score (nSPS) is 10.9. The molecule has 0 aliphatic rings. The van der Waals surface area contributed by atoms with Gasteiger partial charge in [-0.3, -0.25) is 4.99 Å². The quantitative estimate of drug-likeness (QED) is 0.847. The highest BCUT2D eigenvalue weighted by Gasteiger charge is 2.02. The smallest absolute Gasteiger partial charge is 0.161 e. The molecule has 1 N–H and O–H groups in total. The van der Waals surface area contributed by atoms with Crippen LogP contribution < -0.4 is 4.74 Å². The minimum atomic E-state index is 0.149. The first kappa shape index (κ1) is 14.1. The standard InChI is InChI=1S/C17H19NO2/c1-4-20-17-10-14(7-8-16(17)19)11-18-15-9-12(2)5-6-13(15)3/h5-11,19H,4H2,1-3H3. The van der Waals surface area contributed by atoms with Crippen LogP contribution in [0.3, 0.4) is 0 Å². The lowest BCUT2D eigenvalue weighted by Gasteiger charge is -2.06. The zero-order valence-corrected chi connectivity index (χ0v) is 12.1. The molecule has 0 aliphatic carbocycles. The lowest BCUT2D eigenvalue weighted by molar-refractivity contribution is 0.318. The van der Waals surface area contributed by atoms with Gasteiger partial charge in [-0.1, -0.05) is 12.1 Å². The number of hydrogen-bond acceptors (Lipinski definition) is 3. The van der Waals surface area contributed by atoms with E-state index in [4.69, 9.17) is 4.74 Å². The van der Waals surface area contributed by atoms with Gasteiger partial charge in [-0.15, -0.1) is 0 Å². The van der Waals surface area contributed by atoms with Crippen LogP contribution in [0.25, 0.3) is 0 Å². The molecule has 0 amide bonds. The highest BCUT2D eigenvalue weighted by atomic mass is 16.5. The van der Waals surface area contributed by atoms with E-state index in [-0.39, 0.29) is 5.75 Å². The van der Waals surface area contributed by atoms with Gasteiger partial charge < -0.3 is 9.84 Å². The third-order valence-electron chi connectivity index (χ3n) is 3.00. The van der Waals surface area contributed by atoms with E-state index in [2.05, 4.69) is 23.2 Å². The Labute approximate surface area is 119 Å². The average Bonchev–Trinajstić information content (AvgIpc) is 2.43. The number of aryl methyl sites for hydroxylation is 2. The molecule has 20 heavy (non-hydrogen) atoms. The second-order valence-corrected chi connectivity index (χ2v) is 4.71. The molecule has 0 radical (unpaired) electrons. The molecule has 0 saturated heterocycles. The third-order valence-corrected chi connectivity index (χ3v) is 3.00. The van der Waals surface area contributed by atoms with E-state index in [0.717, 1.165) is 16.8 Å². The largest absolute Gasteiger partial charge is 0.504 e. The van der Waals surface area contributed by atoms with Gasteiger partial charge in [-0.25, -0.2) is 0 Å². The molecule has 0 spiro atoms. The maximum absolute atomic E-state index is 9.66. The topological polar surface area (TPSA) is 41.8 Å². The number of rotatable bonds is 4. The summed E-state index contributed by atoms with van der Waals surface area (Å²) in [4.78, 5) is 4.51. The highest BCUT2D eigenvalue weighted by Crippen LogP contribution is 2.26. The number of phenols is 1. The lowest BCUT2D eigenvalue weighted by atomic mass is 10.1. The van der Waals surface area contributed by atoms with Crippen molar-refractivity contribution in [3.05, 3.63) is 53.1 Å². The zero-order valence-electron chi connectivity index (χ0n) is 12.1. The van der Waals surface area contributed by atoms with Crippen molar-refractivity contribution < 1.29 is 9.84 Å². The van der Waals surface area contributed by atoms with Crippen molar-refractivity contribution in [1.29, 1.82) is 0 Å². The summed E-state index contributed by atoms with van der Waals surface area (Å²) in [5.74, 6) is 0.633. The van der Waals surface area contributed by atoms with Crippen LogP contribution in [-0.2, 0) is 0 Å². The maximum Gasteiger partial charge on any atom is 0.161 e. The molecule has 0 atom stereocenters. The monoisotopic (exact) mass is 269 g/mol. The summed E-state index contributed by atoms with van der Waals surface area (Å²) in [6.07, 6.45) is 1.78. The molecule has 0 fully saturated rings. The van der Waals surface area contributed by atoms with Crippen molar-refractivity contribution in [1.82, 2.24) is 0 Å². The van der Waals surface area contributed by atoms with Gasteiger partial charge in [-0.05, 0) is 61.7 Å². The molecule has 2 aromatic carbocycles. The van der Waals surface area contributed by atoms with Crippen molar-refractivity contribution in [3.8, 4) is 11.5 Å². The van der Waals surface area contributed by atoms with E-state index < -0.39 is 0 Å². The molecule has 104 valence electrons. The Bertz CT molecular complexity index is 633. The van der Waals surface area contributed by atoms with Gasteiger partial charge in [0.1, 0.15) is 0 Å². The van der Waals surface area contributed by atoms with Gasteiger partial charge in [-0.2, -0.15) is 0 Å². The maximum atomic E-state index is 9.66. The number of benzene rings is 2. The molecule has 0 heterocycles. The summed E-state index contributed by atoms with van der Waals surface area (Å²) in [5, 5.41) is 9.66. The predicted octanol–water partition coefficient (Wildman–Crippen LogP) is 4.16. The lowest BCUT2D eigenvalue weighted by Crippen LogP contribution is -1.93. The highest BCUT2D eigenvalue weighted by molar-refractivity contribution is 5.83. The molecule has 3 nitrogen and oxygen atoms in total. The van der Waals surface area contributed by atoms with Crippen molar-refractivity contribution in [3.63, 3.8) is 0 Å². The van der Waals surface area contributed by atoms with E-state index >= 15 is 0 Å². The first-order valence-electron chi connectivity index (χ1n) is 6.67. The number of aliphatic imine (C=N–C) groups is 1. The summed E-state index contributed by atoms with van der Waals surface area (Å²) in [6.45, 7) is 6.49. The van der Waals surface area contributed by atoms with E-state index in [9.17, 15) is 5.11 Å². The molecular weight excluding hydrogens is 250 g/mol. The molecule has 2 aromatic rings. The molecule has 0 bridgehead atoms. The van der Waals surface area contributed by atoms with E-state index in [1.807, 2.05) is 26.8 Å². The van der Waals surface area contributed by atoms with E-state index in [1.54, 1.807) is 18.3 Å². The van der Waals surface area contributed by atoms with Crippen molar-refractivity contribution in [2.24, 2.45) is 4.99 Å². The van der Waals surface area contributed by atoms with Gasteiger partial charge >= 0.3 is 0 Å². The Balaban J connectivity index is 2.27. The summed E-state index contributed by atoms with van der Waals surface area (Å²) in [6, 6.07) is 11.4. The fourth-order valence-corrected chi connectivity index (χ4v) is 1.88. The Hall–Kier alpha value is -2.29. The van der Waals surface area contributed by atoms with Gasteiger partial charge in [0.2, 0.25) is 0 Å². The number of nitrogens with zero attached hydrogens (tertiary/aromatic N) is 1. The average molecular weight is 269 g/mol. The van der Waals surface area contributed by atoms with Crippen molar-refractivity contribution in [2.45, 2.75) is 20.8 Å². The molecule has 0 saturated carbocycles. The number of hydrogen-bond donors (Lipinski definition) is 1. The fourth-order valence-electron chi connectivity index (χ4n) is 1.88. The van der Waals surface area contributed by atoms with E-state index in [0.29, 0.717) is 12.4 Å². The zero-order chi connectivity index (χ0) is 14.5. The van der Waals surface area contributed by atoms with Crippen LogP contribution in [0.2, 0.25) is 0 Å². The van der Waals surface area contributed by atoms with Gasteiger partial charge in [0.15, 0.2) is 11.5 Å². The number of aromatic hydroxyl groups is 1. The Morgan fingerprint density at radius 2 is 1.95 bits per heavy atom. The minimum absolute atomic E-state index is 0.149. The van der Waals surface area contributed by atoms with E-state index in [1.165, 1.54) is 5.56 Å². The van der Waals surface area contributed by atoms with Crippen molar-refractivity contribution in [2.75, 3.05) is 6.61 Å². The van der Waals surface area contributed by atoms with Gasteiger partial charge in [0.05, 0.1) is 12.3 Å². The predicted molar refractivity (Wildman–Crippen MR) is 82.4 cm³/mol. The Morgan fingerprint density at radius 1 is 1.15 bits per heavy atom. The summed E-state index contributed by atoms with van der Waals surface area (Å²) < 4.78 is 5.36. The van der Waals surface area contributed by atoms with Gasteiger partial charge in [0.25, 0.3) is 0 Å². The molecule has 0 aromatic heterocycles. The summed E-state index contributed by atoms with van der Waals surface area (Å²) >= 11 is 0. The van der Waals surface area contributed by atoms with Crippen LogP contribution in [0.5, 0.6) is 11.5 Å². The first-order valence-corrected chi connectivity index (χ1v) is 6.67. The first-order chi connectivity index (χ1) is 9.60. The van der Waals surface area contributed by atoms with Gasteiger partial charge in [0, 0.05) is 6.21 Å². The van der Waals surface area contributed by atoms with Crippen LogP contribution in [-0.4, -0.2) is 17.9 Å². The molecule has 0 aliphatic heterocycles. The molecular formula is C17H19NO2. The van der Waals surface area contributed by atoms with Crippen LogP contribution in [0.4, 0.5) is 5.69 Å². The molecule has 2 rings (SSSR count). The number of ether oxygens (including phenoxy) is 1. The van der Waals surface area contributed by atoms with Crippen LogP contribution in [0.1, 0.15) is 23.6 Å². The molecule has 0 unspecified atom stereocenters. The van der Waals surface area contributed by atoms with Crippen LogP contribution in [0, 0.1) is 13.8 Å². The number of phenolic OH excluding ortho intramolecular Hbond substituents is 1. The Kier molecular flexibility index (Phi) is 4.41. The van der Waals surface area contributed by atoms with Crippen molar-refractivity contribution >= 4 is 11.9 Å². The minimum Gasteiger partial charge on any atom is -0.504 e. The third kappa shape index (κ3) is 3.38. The second-order valence-electron chi connectivity index (χ2n) is 4.71. The Morgan fingerprint density at radius 3 is 2.70 bits per heavy atom. The molecule has 3 heteroatoms. The van der Waals surface area contributed by atoms with Crippen LogP contribution in [0.15, 0.2) is 41.4 Å². The SMILES string of the molecule is CCOc1cc(C=Nc2cc(C)ccc2C)ccc1O. The fraction of sp³-hybridized carbons (Fsp3) is 0.235. The summed E-state index contributed by atoms with van der Waals surface area (Å²) in [5.41, 5.74) is 4.17. The summed E-state index contributed by atoms with van der Waals surface area (Å²) in [7, 11) is 0. The second kappa shape index (κ2) is 6.24. The van der Waals surface area contributed by atoms with Crippen LogP contribution >= 0.6 is 0 Å².